The van der Waals surface area contributed by atoms with E-state index in [0.717, 1.165) is 6.07 Å². The van der Waals surface area contributed by atoms with Crippen LogP contribution >= 0.6 is 0 Å². The number of ether oxygens (including phenoxy) is 1. The first kappa shape index (κ1) is 12.7. The summed E-state index contributed by atoms with van der Waals surface area (Å²) >= 11 is 0. The predicted octanol–water partition coefficient (Wildman–Crippen LogP) is 1.37. The van der Waals surface area contributed by atoms with Crippen molar-refractivity contribution in [3.63, 3.8) is 0 Å². The smallest absolute Gasteiger partial charge is 0.387 e. The van der Waals surface area contributed by atoms with Crippen molar-refractivity contribution >= 4 is 11.7 Å². The fourth-order valence-corrected chi connectivity index (χ4v) is 1.30. The summed E-state index contributed by atoms with van der Waals surface area (Å²) in [6.07, 6.45) is -0.533. The first-order chi connectivity index (χ1) is 7.95. The van der Waals surface area contributed by atoms with Gasteiger partial charge < -0.3 is 15.6 Å². The molecule has 1 rings (SSSR count). The van der Waals surface area contributed by atoms with Gasteiger partial charge in [0.15, 0.2) is 0 Å². The molecule has 0 spiro atoms. The maximum atomic E-state index is 12.1. The fourth-order valence-electron chi connectivity index (χ4n) is 1.30. The topological polar surface area (TPSA) is 96.3 Å². The normalized spacial score (nSPS) is 10.0. The maximum Gasteiger partial charge on any atom is 0.387 e. The highest BCUT2D eigenvalue weighted by atomic mass is 19.3. The molecule has 0 saturated heterocycles. The summed E-state index contributed by atoms with van der Waals surface area (Å²) in [6.45, 7) is -3.09. The van der Waals surface area contributed by atoms with Crippen molar-refractivity contribution in [3.8, 4) is 11.8 Å². The lowest BCUT2D eigenvalue weighted by Crippen LogP contribution is -2.09. The zero-order chi connectivity index (χ0) is 13.0. The summed E-state index contributed by atoms with van der Waals surface area (Å²) in [7, 11) is 0. The van der Waals surface area contributed by atoms with Crippen LogP contribution in [0.1, 0.15) is 11.1 Å². The molecule has 0 aromatic heterocycles. The number of hydrogen-bond acceptors (Lipinski definition) is 4. The Bertz CT molecular complexity index is 483. The molecule has 1 aromatic rings. The Kier molecular flexibility index (Phi) is 3.82. The van der Waals surface area contributed by atoms with E-state index in [2.05, 4.69) is 4.74 Å². The van der Waals surface area contributed by atoms with Crippen LogP contribution in [0.15, 0.2) is 12.1 Å². The summed E-state index contributed by atoms with van der Waals surface area (Å²) in [4.78, 5) is 10.6. The van der Waals surface area contributed by atoms with E-state index < -0.39 is 19.0 Å². The predicted molar refractivity (Wildman–Crippen MR) is 53.5 cm³/mol. The van der Waals surface area contributed by atoms with Crippen LogP contribution in [0.25, 0.3) is 0 Å². The molecule has 0 saturated carbocycles. The van der Waals surface area contributed by atoms with Crippen molar-refractivity contribution in [1.82, 2.24) is 0 Å². The SMILES string of the molecule is N#Cc1c(OC(F)F)ccc(N)c1CC(=O)O. The molecule has 17 heavy (non-hydrogen) atoms. The number of rotatable bonds is 4. The van der Waals surface area contributed by atoms with E-state index in [9.17, 15) is 13.6 Å². The summed E-state index contributed by atoms with van der Waals surface area (Å²) in [5, 5.41) is 17.5. The molecule has 0 bridgehead atoms. The zero-order valence-electron chi connectivity index (χ0n) is 8.48. The van der Waals surface area contributed by atoms with Crippen LogP contribution in [0, 0.1) is 11.3 Å². The molecule has 7 heteroatoms. The van der Waals surface area contributed by atoms with E-state index in [1.54, 1.807) is 6.07 Å². The van der Waals surface area contributed by atoms with Crippen LogP contribution in [0.5, 0.6) is 5.75 Å². The Balaban J connectivity index is 3.27. The number of carboxylic acids is 1. The van der Waals surface area contributed by atoms with Gasteiger partial charge in [-0.15, -0.1) is 0 Å². The zero-order valence-corrected chi connectivity index (χ0v) is 8.48. The number of nitrogens with two attached hydrogens (primary N) is 1. The first-order valence-corrected chi connectivity index (χ1v) is 4.43. The standard InChI is InChI=1S/C10H8F2N2O3/c11-10(12)17-8-2-1-7(14)5(3-9(15)16)6(8)4-13/h1-2,10H,3,14H2,(H,15,16). The van der Waals surface area contributed by atoms with Crippen molar-refractivity contribution in [2.24, 2.45) is 0 Å². The lowest BCUT2D eigenvalue weighted by molar-refractivity contribution is -0.136. The van der Waals surface area contributed by atoms with Crippen LogP contribution in [0.4, 0.5) is 14.5 Å². The van der Waals surface area contributed by atoms with Crippen molar-refractivity contribution in [2.45, 2.75) is 13.0 Å². The molecule has 0 atom stereocenters. The van der Waals surface area contributed by atoms with Crippen molar-refractivity contribution < 1.29 is 23.4 Å². The molecule has 0 unspecified atom stereocenters. The molecular formula is C10H8F2N2O3. The number of benzene rings is 1. The number of carboxylic acid groups (broad SMARTS) is 1. The van der Waals surface area contributed by atoms with Gasteiger partial charge in [-0.3, -0.25) is 4.79 Å². The largest absolute Gasteiger partial charge is 0.481 e. The minimum Gasteiger partial charge on any atom is -0.481 e. The molecule has 0 heterocycles. The van der Waals surface area contributed by atoms with Crippen LogP contribution in [0.2, 0.25) is 0 Å². The first-order valence-electron chi connectivity index (χ1n) is 4.43. The third-order valence-electron chi connectivity index (χ3n) is 1.97. The number of alkyl halides is 2. The Morgan fingerprint density at radius 1 is 1.59 bits per heavy atom. The minimum atomic E-state index is -3.09. The third kappa shape index (κ3) is 3.04. The van der Waals surface area contributed by atoms with Crippen LogP contribution < -0.4 is 10.5 Å². The van der Waals surface area contributed by atoms with Crippen molar-refractivity contribution in [3.05, 3.63) is 23.3 Å². The van der Waals surface area contributed by atoms with Gasteiger partial charge in [0.05, 0.1) is 6.42 Å². The number of hydrogen-bond donors (Lipinski definition) is 2. The highest BCUT2D eigenvalue weighted by Crippen LogP contribution is 2.28. The molecule has 0 aliphatic rings. The van der Waals surface area contributed by atoms with Crippen LogP contribution in [-0.2, 0) is 11.2 Å². The van der Waals surface area contributed by atoms with Gasteiger partial charge in [0, 0.05) is 11.3 Å². The Morgan fingerprint density at radius 3 is 2.71 bits per heavy atom. The van der Waals surface area contributed by atoms with Crippen LogP contribution in [-0.4, -0.2) is 17.7 Å². The summed E-state index contributed by atoms with van der Waals surface area (Å²) in [6, 6.07) is 3.94. The number of halogens is 2. The van der Waals surface area contributed by atoms with E-state index in [1.807, 2.05) is 0 Å². The second kappa shape index (κ2) is 5.12. The lowest BCUT2D eigenvalue weighted by atomic mass is 10.0. The van der Waals surface area contributed by atoms with Gasteiger partial charge in [0.1, 0.15) is 17.4 Å². The van der Waals surface area contributed by atoms with Crippen molar-refractivity contribution in [1.29, 1.82) is 5.26 Å². The number of nitrogen functional groups attached to an aromatic ring is 1. The maximum absolute atomic E-state index is 12.1. The monoisotopic (exact) mass is 242 g/mol. The van der Waals surface area contributed by atoms with Gasteiger partial charge in [-0.1, -0.05) is 0 Å². The molecular weight excluding hydrogens is 234 g/mol. The third-order valence-corrected chi connectivity index (χ3v) is 1.97. The van der Waals surface area contributed by atoms with Gasteiger partial charge in [0.2, 0.25) is 0 Å². The van der Waals surface area contributed by atoms with Gasteiger partial charge >= 0.3 is 12.6 Å². The second-order valence-corrected chi connectivity index (χ2v) is 3.07. The average molecular weight is 242 g/mol. The molecule has 0 fully saturated rings. The molecule has 5 nitrogen and oxygen atoms in total. The quantitative estimate of drug-likeness (QED) is 0.777. The van der Waals surface area contributed by atoms with Gasteiger partial charge in [-0.25, -0.2) is 0 Å². The van der Waals surface area contributed by atoms with E-state index in [-0.39, 0.29) is 22.6 Å². The molecule has 0 aliphatic heterocycles. The number of aliphatic carboxylic acids is 1. The molecule has 0 amide bonds. The van der Waals surface area contributed by atoms with E-state index in [1.165, 1.54) is 6.07 Å². The Hall–Kier alpha value is -2.36. The molecule has 90 valence electrons. The Labute approximate surface area is 95.0 Å². The highest BCUT2D eigenvalue weighted by Gasteiger charge is 2.17. The second-order valence-electron chi connectivity index (χ2n) is 3.07. The van der Waals surface area contributed by atoms with E-state index in [4.69, 9.17) is 16.1 Å². The number of carbonyl (C=O) groups is 1. The minimum absolute atomic E-state index is 0.0295. The number of nitrogens with zero attached hydrogens (tertiary/aromatic N) is 1. The van der Waals surface area contributed by atoms with Crippen LogP contribution in [0.3, 0.4) is 0 Å². The van der Waals surface area contributed by atoms with Gasteiger partial charge in [0.25, 0.3) is 0 Å². The molecule has 1 aromatic carbocycles. The summed E-state index contributed by atoms with van der Waals surface area (Å²) in [5.41, 5.74) is 5.22. The Morgan fingerprint density at radius 2 is 2.24 bits per heavy atom. The van der Waals surface area contributed by atoms with Crippen molar-refractivity contribution in [2.75, 3.05) is 5.73 Å². The highest BCUT2D eigenvalue weighted by molar-refractivity contribution is 5.76. The lowest BCUT2D eigenvalue weighted by Gasteiger charge is -2.11. The van der Waals surface area contributed by atoms with E-state index in [0.29, 0.717) is 0 Å². The number of nitriles is 1. The number of anilines is 1. The molecule has 0 aliphatic carbocycles. The fraction of sp³-hybridized carbons (Fsp3) is 0.200. The summed E-state index contributed by atoms with van der Waals surface area (Å²) in [5.74, 6) is -1.60. The molecule has 3 N–H and O–H groups in total. The molecule has 0 radical (unpaired) electrons. The summed E-state index contributed by atoms with van der Waals surface area (Å²) < 4.78 is 28.2. The van der Waals surface area contributed by atoms with Gasteiger partial charge in [-0.2, -0.15) is 14.0 Å². The van der Waals surface area contributed by atoms with E-state index >= 15 is 0 Å². The van der Waals surface area contributed by atoms with Gasteiger partial charge in [-0.05, 0) is 12.1 Å². The average Bonchev–Trinajstić information content (AvgIpc) is 2.22.